The fourth-order valence-corrected chi connectivity index (χ4v) is 11.3. The van der Waals surface area contributed by atoms with Gasteiger partial charge >= 0.3 is 0 Å². The maximum Gasteiger partial charge on any atom is 0.0540 e. The minimum atomic E-state index is -0.0366. The summed E-state index contributed by atoms with van der Waals surface area (Å²) < 4.78 is 2.69. The van der Waals surface area contributed by atoms with Crippen LogP contribution in [-0.4, -0.2) is 0 Å². The van der Waals surface area contributed by atoms with Crippen molar-refractivity contribution in [2.45, 2.75) is 32.1 Å². The van der Waals surface area contributed by atoms with Gasteiger partial charge in [0.2, 0.25) is 0 Å². The summed E-state index contributed by atoms with van der Waals surface area (Å²) in [5.74, 6) is 0. The van der Waals surface area contributed by atoms with Crippen molar-refractivity contribution in [1.82, 2.24) is 0 Å². The number of rotatable bonds is 8. The van der Waals surface area contributed by atoms with Crippen LogP contribution in [0, 0.1) is 0 Å². The summed E-state index contributed by atoms with van der Waals surface area (Å²) >= 11 is 1.90. The van der Waals surface area contributed by atoms with Crippen molar-refractivity contribution in [3.8, 4) is 44.5 Å². The monoisotopic (exact) mass is 773 g/mol. The highest BCUT2D eigenvalue weighted by Gasteiger charge is 2.40. The molecule has 0 unspecified atom stereocenters. The van der Waals surface area contributed by atoms with Gasteiger partial charge < -0.3 is 4.90 Å². The van der Waals surface area contributed by atoms with Gasteiger partial charge in [0.1, 0.15) is 0 Å². The van der Waals surface area contributed by atoms with E-state index in [1.807, 2.05) is 11.3 Å². The molecular weight excluding hydrogens is 731 g/mol. The zero-order valence-corrected chi connectivity index (χ0v) is 34.1. The summed E-state index contributed by atoms with van der Waals surface area (Å²) in [6.07, 6.45) is 2.09. The van der Waals surface area contributed by atoms with Crippen LogP contribution in [0.4, 0.5) is 17.1 Å². The van der Waals surface area contributed by atoms with Crippen LogP contribution in [0.25, 0.3) is 75.5 Å². The van der Waals surface area contributed by atoms with E-state index in [9.17, 15) is 0 Å². The lowest BCUT2D eigenvalue weighted by molar-refractivity contribution is 0.490. The molecule has 0 saturated carbocycles. The predicted molar refractivity (Wildman–Crippen MR) is 255 cm³/mol. The van der Waals surface area contributed by atoms with Crippen LogP contribution >= 0.6 is 11.3 Å². The highest BCUT2D eigenvalue weighted by atomic mass is 32.1. The normalized spacial score (nSPS) is 12.8. The van der Waals surface area contributed by atoms with Crippen molar-refractivity contribution >= 4 is 59.3 Å². The number of anilines is 3. The predicted octanol–water partition coefficient (Wildman–Crippen LogP) is 16.8. The third-order valence-corrected chi connectivity index (χ3v) is 14.2. The second-order valence-corrected chi connectivity index (χ2v) is 16.9. The SMILES string of the molecule is CCC1(CC)c2ccccc2-c2ccc(N(c3ccc(-c4cccc5c4ccc4c6ccccc6sc54)cc3)c3ccccc3-c3ccccc3-c3ccccc3)cc21. The first kappa shape index (κ1) is 35.4. The van der Waals surface area contributed by atoms with E-state index in [0.717, 1.165) is 29.9 Å². The van der Waals surface area contributed by atoms with Crippen LogP contribution in [0.15, 0.2) is 200 Å². The van der Waals surface area contributed by atoms with E-state index in [1.165, 1.54) is 86.6 Å². The molecule has 2 heteroatoms. The van der Waals surface area contributed by atoms with Crippen molar-refractivity contribution in [3.05, 3.63) is 211 Å². The molecule has 0 atom stereocenters. The molecule has 11 rings (SSSR count). The lowest BCUT2D eigenvalue weighted by Crippen LogP contribution is -2.23. The Labute approximate surface area is 350 Å². The molecule has 282 valence electrons. The number of nitrogens with zero attached hydrogens (tertiary/aromatic N) is 1. The summed E-state index contributed by atoms with van der Waals surface area (Å²) in [6.45, 7) is 4.71. The van der Waals surface area contributed by atoms with Gasteiger partial charge in [-0.15, -0.1) is 11.3 Å². The largest absolute Gasteiger partial charge is 0.310 e. The molecule has 0 bridgehead atoms. The number of hydrogen-bond acceptors (Lipinski definition) is 2. The Balaban J connectivity index is 1.09. The molecule has 59 heavy (non-hydrogen) atoms. The number of para-hydroxylation sites is 1. The highest BCUT2D eigenvalue weighted by Crippen LogP contribution is 2.55. The van der Waals surface area contributed by atoms with E-state index in [4.69, 9.17) is 0 Å². The van der Waals surface area contributed by atoms with E-state index >= 15 is 0 Å². The molecule has 1 aliphatic rings. The molecule has 0 aliphatic heterocycles. The lowest BCUT2D eigenvalue weighted by Gasteiger charge is -2.32. The number of benzene rings is 9. The molecule has 0 fully saturated rings. The summed E-state index contributed by atoms with van der Waals surface area (Å²) in [6, 6.07) is 74.3. The smallest absolute Gasteiger partial charge is 0.0540 e. The molecule has 0 saturated heterocycles. The van der Waals surface area contributed by atoms with Crippen molar-refractivity contribution < 1.29 is 0 Å². The Morgan fingerprint density at radius 3 is 1.78 bits per heavy atom. The Morgan fingerprint density at radius 2 is 0.966 bits per heavy atom. The van der Waals surface area contributed by atoms with E-state index in [-0.39, 0.29) is 5.41 Å². The van der Waals surface area contributed by atoms with Gasteiger partial charge in [-0.1, -0.05) is 178 Å². The molecular formula is C57H43NS. The molecule has 1 nitrogen and oxygen atoms in total. The van der Waals surface area contributed by atoms with Crippen LogP contribution < -0.4 is 4.90 Å². The van der Waals surface area contributed by atoms with Crippen LogP contribution in [0.3, 0.4) is 0 Å². The van der Waals surface area contributed by atoms with Crippen molar-refractivity contribution in [2.75, 3.05) is 4.90 Å². The van der Waals surface area contributed by atoms with Crippen molar-refractivity contribution in [3.63, 3.8) is 0 Å². The molecule has 1 aromatic heterocycles. The fourth-order valence-electron chi connectivity index (χ4n) is 10.1. The van der Waals surface area contributed by atoms with Crippen LogP contribution in [0.1, 0.15) is 37.8 Å². The molecule has 1 aliphatic carbocycles. The Bertz CT molecular complexity index is 3190. The number of fused-ring (bicyclic) bond motifs is 8. The fraction of sp³-hybridized carbons (Fsp3) is 0.0877. The molecule has 1 heterocycles. The van der Waals surface area contributed by atoms with E-state index in [2.05, 4.69) is 219 Å². The molecule has 9 aromatic carbocycles. The second kappa shape index (κ2) is 14.3. The van der Waals surface area contributed by atoms with Gasteiger partial charge in [-0.2, -0.15) is 0 Å². The minimum absolute atomic E-state index is 0.0366. The summed E-state index contributed by atoms with van der Waals surface area (Å²) in [7, 11) is 0. The quantitative estimate of drug-likeness (QED) is 0.149. The molecule has 0 spiro atoms. The first-order valence-corrected chi connectivity index (χ1v) is 21.7. The van der Waals surface area contributed by atoms with Gasteiger partial charge in [0.25, 0.3) is 0 Å². The first-order chi connectivity index (χ1) is 29.2. The van der Waals surface area contributed by atoms with Crippen LogP contribution in [0.5, 0.6) is 0 Å². The summed E-state index contributed by atoms with van der Waals surface area (Å²) in [5.41, 5.74) is 16.3. The maximum absolute atomic E-state index is 2.50. The van der Waals surface area contributed by atoms with Crippen molar-refractivity contribution in [2.24, 2.45) is 0 Å². The van der Waals surface area contributed by atoms with E-state index in [0.29, 0.717) is 0 Å². The zero-order valence-electron chi connectivity index (χ0n) is 33.3. The van der Waals surface area contributed by atoms with Gasteiger partial charge in [-0.05, 0) is 105 Å². The van der Waals surface area contributed by atoms with E-state index in [1.54, 1.807) is 0 Å². The third-order valence-electron chi connectivity index (χ3n) is 13.0. The second-order valence-electron chi connectivity index (χ2n) is 15.8. The van der Waals surface area contributed by atoms with Gasteiger partial charge in [0.05, 0.1) is 5.69 Å². The standard InChI is InChI=1S/C57H43NS/c1-3-57(4-2)52-26-13-10-21-46(52)47-34-33-41(37-53(47)57)58(54-27-14-11-22-48(54)44-20-9-8-19-42(44)38-17-6-5-7-18-38)40-31-29-39(30-32-40)43-24-16-25-50-45(43)35-36-51-49-23-12-15-28-55(49)59-56(50)51/h5-37H,3-4H2,1-2H3. The van der Waals surface area contributed by atoms with Gasteiger partial charge in [-0.25, -0.2) is 0 Å². The average molecular weight is 774 g/mol. The van der Waals surface area contributed by atoms with Gasteiger partial charge in [-0.3, -0.25) is 0 Å². The highest BCUT2D eigenvalue weighted by molar-refractivity contribution is 7.26. The van der Waals surface area contributed by atoms with Gasteiger partial charge in [0, 0.05) is 47.9 Å². The Kier molecular flexibility index (Phi) is 8.57. The molecule has 0 radical (unpaired) electrons. The Hall–Kier alpha value is -6.74. The molecule has 0 amide bonds. The van der Waals surface area contributed by atoms with Crippen LogP contribution in [0.2, 0.25) is 0 Å². The average Bonchev–Trinajstić information content (AvgIpc) is 3.83. The summed E-state index contributed by atoms with van der Waals surface area (Å²) in [5, 5.41) is 5.27. The molecule has 0 N–H and O–H groups in total. The zero-order chi connectivity index (χ0) is 39.5. The third kappa shape index (κ3) is 5.58. The molecule has 10 aromatic rings. The van der Waals surface area contributed by atoms with E-state index < -0.39 is 0 Å². The summed E-state index contributed by atoms with van der Waals surface area (Å²) in [4.78, 5) is 2.49. The minimum Gasteiger partial charge on any atom is -0.310 e. The Morgan fingerprint density at radius 1 is 0.390 bits per heavy atom. The lowest BCUT2D eigenvalue weighted by atomic mass is 9.74. The topological polar surface area (TPSA) is 3.24 Å². The van der Waals surface area contributed by atoms with Crippen LogP contribution in [-0.2, 0) is 5.41 Å². The number of thiophene rings is 1. The first-order valence-electron chi connectivity index (χ1n) is 20.9. The maximum atomic E-state index is 2.50. The van der Waals surface area contributed by atoms with Gasteiger partial charge in [0.15, 0.2) is 0 Å². The van der Waals surface area contributed by atoms with Crippen molar-refractivity contribution in [1.29, 1.82) is 0 Å². The number of hydrogen-bond donors (Lipinski definition) is 0.